The van der Waals surface area contributed by atoms with E-state index in [1.807, 2.05) is 31.5 Å². The zero-order valence-electron chi connectivity index (χ0n) is 12.5. The predicted octanol–water partition coefficient (Wildman–Crippen LogP) is 2.59. The molecule has 2 rings (SSSR count). The highest BCUT2D eigenvalue weighted by Gasteiger charge is 2.20. The number of aryl methyl sites for hydroxylation is 3. The van der Waals surface area contributed by atoms with E-state index >= 15 is 0 Å². The molecule has 5 nitrogen and oxygen atoms in total. The van der Waals surface area contributed by atoms with Gasteiger partial charge in [-0.15, -0.1) is 11.3 Å². The summed E-state index contributed by atoms with van der Waals surface area (Å²) in [7, 11) is -1.74. The summed E-state index contributed by atoms with van der Waals surface area (Å²) in [4.78, 5) is 4.60. The Morgan fingerprint density at radius 2 is 1.81 bits per heavy atom. The molecule has 0 aliphatic rings. The van der Waals surface area contributed by atoms with Gasteiger partial charge in [0.25, 0.3) is 0 Å². The summed E-state index contributed by atoms with van der Waals surface area (Å²) in [6, 6.07) is 3.66. The van der Waals surface area contributed by atoms with Gasteiger partial charge in [0.2, 0.25) is 10.0 Å². The molecule has 0 unspecified atom stereocenters. The molecule has 0 atom stereocenters. The first-order valence-electron chi connectivity index (χ1n) is 6.53. The van der Waals surface area contributed by atoms with E-state index in [4.69, 9.17) is 0 Å². The van der Waals surface area contributed by atoms with Crippen molar-refractivity contribution in [3.8, 4) is 0 Å². The monoisotopic (exact) mass is 325 g/mol. The van der Waals surface area contributed by atoms with Crippen molar-refractivity contribution in [3.63, 3.8) is 0 Å². The van der Waals surface area contributed by atoms with Crippen molar-refractivity contribution in [3.05, 3.63) is 39.3 Å². The van der Waals surface area contributed by atoms with Crippen LogP contribution in [0.25, 0.3) is 0 Å². The van der Waals surface area contributed by atoms with Crippen molar-refractivity contribution in [2.45, 2.75) is 32.2 Å². The molecule has 1 heterocycles. The van der Waals surface area contributed by atoms with Gasteiger partial charge in [-0.1, -0.05) is 0 Å². The van der Waals surface area contributed by atoms with E-state index in [9.17, 15) is 8.42 Å². The second-order valence-corrected chi connectivity index (χ2v) is 7.54. The average molecular weight is 325 g/mol. The third-order valence-corrected chi connectivity index (χ3v) is 5.77. The molecule has 7 heteroatoms. The van der Waals surface area contributed by atoms with E-state index < -0.39 is 10.0 Å². The molecule has 0 radical (unpaired) electrons. The minimum Gasteiger partial charge on any atom is -0.388 e. The number of nitrogens with one attached hydrogen (secondary N) is 2. The largest absolute Gasteiger partial charge is 0.388 e. The molecule has 0 spiro atoms. The van der Waals surface area contributed by atoms with Crippen molar-refractivity contribution in [2.24, 2.45) is 0 Å². The summed E-state index contributed by atoms with van der Waals surface area (Å²) in [6.07, 6.45) is 0. The molecule has 0 fully saturated rings. The molecule has 2 N–H and O–H groups in total. The number of hydrogen-bond donors (Lipinski definition) is 2. The van der Waals surface area contributed by atoms with Crippen LogP contribution in [-0.2, 0) is 16.6 Å². The van der Waals surface area contributed by atoms with E-state index in [1.54, 1.807) is 13.8 Å². The first kappa shape index (κ1) is 15.9. The number of rotatable bonds is 5. The second-order valence-electron chi connectivity index (χ2n) is 4.90. The normalized spacial score (nSPS) is 11.6. The summed E-state index contributed by atoms with van der Waals surface area (Å²) in [5.41, 5.74) is 3.25. The Bertz CT molecular complexity index is 728. The highest BCUT2D eigenvalue weighted by Crippen LogP contribution is 2.24. The molecule has 1 aromatic carbocycles. The third kappa shape index (κ3) is 3.61. The highest BCUT2D eigenvalue weighted by molar-refractivity contribution is 7.89. The van der Waals surface area contributed by atoms with Gasteiger partial charge in [0, 0.05) is 23.8 Å². The molecule has 0 saturated heterocycles. The van der Waals surface area contributed by atoms with E-state index in [1.165, 1.54) is 11.3 Å². The summed E-state index contributed by atoms with van der Waals surface area (Å²) >= 11 is 1.45. The Morgan fingerprint density at radius 1 is 1.19 bits per heavy atom. The third-order valence-electron chi connectivity index (χ3n) is 3.10. The molecule has 21 heavy (non-hydrogen) atoms. The summed E-state index contributed by atoms with van der Waals surface area (Å²) < 4.78 is 27.6. The summed E-state index contributed by atoms with van der Waals surface area (Å²) in [5, 5.41) is 5.69. The molecule has 114 valence electrons. The van der Waals surface area contributed by atoms with E-state index in [2.05, 4.69) is 15.0 Å². The van der Waals surface area contributed by atoms with Crippen LogP contribution < -0.4 is 10.0 Å². The lowest BCUT2D eigenvalue weighted by Gasteiger charge is -2.13. The molecule has 0 amide bonds. The lowest BCUT2D eigenvalue weighted by atomic mass is 10.1. The van der Waals surface area contributed by atoms with Crippen LogP contribution in [0.2, 0.25) is 0 Å². The van der Waals surface area contributed by atoms with E-state index in [0.717, 1.165) is 27.5 Å². The van der Waals surface area contributed by atoms with Gasteiger partial charge in [-0.3, -0.25) is 0 Å². The maximum absolute atomic E-state index is 12.5. The maximum atomic E-state index is 12.5. The summed E-state index contributed by atoms with van der Waals surface area (Å²) in [5.74, 6) is 0. The Labute approximate surface area is 129 Å². The van der Waals surface area contributed by atoms with Crippen molar-refractivity contribution < 1.29 is 8.42 Å². The number of benzene rings is 1. The molecule has 0 saturated carbocycles. The van der Waals surface area contributed by atoms with Gasteiger partial charge >= 0.3 is 0 Å². The lowest BCUT2D eigenvalue weighted by molar-refractivity contribution is 0.580. The molecular formula is C14H19N3O2S2. The number of anilines is 1. The number of hydrogen-bond acceptors (Lipinski definition) is 5. The Hall–Kier alpha value is -1.44. The zero-order chi connectivity index (χ0) is 15.6. The number of thiazole rings is 1. The van der Waals surface area contributed by atoms with Crippen LogP contribution in [0.3, 0.4) is 0 Å². The highest BCUT2D eigenvalue weighted by atomic mass is 32.2. The van der Waals surface area contributed by atoms with Crippen LogP contribution >= 0.6 is 11.3 Å². The fourth-order valence-electron chi connectivity index (χ4n) is 2.23. The molecule has 0 bridgehead atoms. The summed E-state index contributed by atoms with van der Waals surface area (Å²) in [6.45, 7) is 5.71. The van der Waals surface area contributed by atoms with Gasteiger partial charge in [-0.05, 0) is 44.0 Å². The van der Waals surface area contributed by atoms with Crippen LogP contribution in [0.5, 0.6) is 0 Å². The van der Waals surface area contributed by atoms with Crippen LogP contribution in [0.4, 0.5) is 5.69 Å². The van der Waals surface area contributed by atoms with Crippen LogP contribution in [0.1, 0.15) is 21.8 Å². The smallest absolute Gasteiger partial charge is 0.241 e. The first-order valence-corrected chi connectivity index (χ1v) is 8.89. The van der Waals surface area contributed by atoms with Crippen LogP contribution in [0.15, 0.2) is 22.4 Å². The molecule has 0 aliphatic carbocycles. The van der Waals surface area contributed by atoms with E-state index in [-0.39, 0.29) is 6.54 Å². The molecular weight excluding hydrogens is 306 g/mol. The van der Waals surface area contributed by atoms with Crippen molar-refractivity contribution in [1.29, 1.82) is 0 Å². The first-order chi connectivity index (χ1) is 9.83. The van der Waals surface area contributed by atoms with Gasteiger partial charge in [0.05, 0.1) is 11.4 Å². The number of aromatic nitrogens is 1. The van der Waals surface area contributed by atoms with Crippen LogP contribution in [0, 0.1) is 20.8 Å². The number of nitrogens with zero attached hydrogens (tertiary/aromatic N) is 1. The fourth-order valence-corrected chi connectivity index (χ4v) is 4.47. The molecule has 2 aromatic rings. The Morgan fingerprint density at radius 3 is 2.29 bits per heavy atom. The zero-order valence-corrected chi connectivity index (χ0v) is 14.2. The van der Waals surface area contributed by atoms with Gasteiger partial charge in [-0.2, -0.15) is 0 Å². The van der Waals surface area contributed by atoms with Gasteiger partial charge in [0.1, 0.15) is 5.01 Å². The quantitative estimate of drug-likeness (QED) is 0.886. The predicted molar refractivity (Wildman–Crippen MR) is 86.3 cm³/mol. The minimum absolute atomic E-state index is 0.216. The maximum Gasteiger partial charge on any atom is 0.241 e. The molecule has 0 aliphatic heterocycles. The average Bonchev–Trinajstić information content (AvgIpc) is 2.81. The van der Waals surface area contributed by atoms with Gasteiger partial charge < -0.3 is 5.32 Å². The Kier molecular flexibility index (Phi) is 4.65. The standard InChI is InChI=1S/C14H19N3O2S2/c1-9-5-12(15-4)6-10(2)14(9)21(18,19)16-7-13-17-11(3)8-20-13/h5-6,8,15-16H,7H2,1-4H3. The van der Waals surface area contributed by atoms with Crippen LogP contribution in [-0.4, -0.2) is 20.4 Å². The SMILES string of the molecule is CNc1cc(C)c(S(=O)(=O)NCc2nc(C)cs2)c(C)c1. The van der Waals surface area contributed by atoms with Gasteiger partial charge in [0.15, 0.2) is 0 Å². The number of sulfonamides is 1. The van der Waals surface area contributed by atoms with Crippen molar-refractivity contribution >= 4 is 27.0 Å². The van der Waals surface area contributed by atoms with Crippen molar-refractivity contribution in [2.75, 3.05) is 12.4 Å². The fraction of sp³-hybridized carbons (Fsp3) is 0.357. The van der Waals surface area contributed by atoms with Gasteiger partial charge in [-0.25, -0.2) is 18.1 Å². The second kappa shape index (κ2) is 6.13. The topological polar surface area (TPSA) is 71.1 Å². The van der Waals surface area contributed by atoms with E-state index in [0.29, 0.717) is 4.90 Å². The Balaban J connectivity index is 2.27. The van der Waals surface area contributed by atoms with Crippen molar-refractivity contribution in [1.82, 2.24) is 9.71 Å². The molecule has 1 aromatic heterocycles. The lowest BCUT2D eigenvalue weighted by Crippen LogP contribution is -2.25. The minimum atomic E-state index is -3.55.